The number of anilines is 3. The number of imidazole rings is 1. The van der Waals surface area contributed by atoms with E-state index in [9.17, 15) is 0 Å². The van der Waals surface area contributed by atoms with Crippen LogP contribution >= 0.6 is 28.3 Å². The van der Waals surface area contributed by atoms with Gasteiger partial charge in [0.05, 0.1) is 11.0 Å². The predicted octanol–water partition coefficient (Wildman–Crippen LogP) is 3.21. The molecule has 0 atom stereocenters. The van der Waals surface area contributed by atoms with Gasteiger partial charge in [-0.05, 0) is 25.1 Å². The number of fused-ring (bicyclic) bond motifs is 1. The van der Waals surface area contributed by atoms with E-state index in [2.05, 4.69) is 56.7 Å². The maximum Gasteiger partial charge on any atom is 0.242 e. The molecule has 0 unspecified atom stereocenters. The summed E-state index contributed by atoms with van der Waals surface area (Å²) in [5.41, 5.74) is 1.67. The van der Waals surface area contributed by atoms with Crippen molar-refractivity contribution in [2.75, 3.05) is 17.7 Å². The van der Waals surface area contributed by atoms with Crippen molar-refractivity contribution < 1.29 is 0 Å². The number of H-pyrrole nitrogens is 1. The molecule has 0 aliphatic rings. The van der Waals surface area contributed by atoms with Crippen molar-refractivity contribution in [1.82, 2.24) is 34.7 Å². The van der Waals surface area contributed by atoms with Gasteiger partial charge in [-0.2, -0.15) is 20.1 Å². The van der Waals surface area contributed by atoms with Gasteiger partial charge in [0.15, 0.2) is 5.82 Å². The molecule has 3 N–H and O–H groups in total. The molecule has 1 aromatic carbocycles. The van der Waals surface area contributed by atoms with Gasteiger partial charge < -0.3 is 10.6 Å². The van der Waals surface area contributed by atoms with Gasteiger partial charge in [-0.15, -0.1) is 12.4 Å². The van der Waals surface area contributed by atoms with Gasteiger partial charge in [-0.3, -0.25) is 5.10 Å². The first-order valence-corrected chi connectivity index (χ1v) is 8.29. The molecular formula is C15H15BrClN9. The van der Waals surface area contributed by atoms with Crippen LogP contribution in [0.25, 0.3) is 17.0 Å². The van der Waals surface area contributed by atoms with E-state index in [1.807, 2.05) is 35.8 Å². The van der Waals surface area contributed by atoms with Crippen LogP contribution < -0.4 is 10.6 Å². The molecule has 9 nitrogen and oxygen atoms in total. The van der Waals surface area contributed by atoms with Gasteiger partial charge >= 0.3 is 0 Å². The zero-order valence-corrected chi connectivity index (χ0v) is 16.3. The molecule has 134 valence electrons. The van der Waals surface area contributed by atoms with Gasteiger partial charge in [0.2, 0.25) is 17.8 Å². The summed E-state index contributed by atoms with van der Waals surface area (Å²) < 4.78 is 2.77. The summed E-state index contributed by atoms with van der Waals surface area (Å²) in [6, 6.07) is 7.65. The van der Waals surface area contributed by atoms with E-state index in [-0.39, 0.29) is 12.4 Å². The second-order valence-corrected chi connectivity index (χ2v) is 6.16. The first kappa shape index (κ1) is 18.1. The molecule has 3 aromatic heterocycles. The van der Waals surface area contributed by atoms with Crippen molar-refractivity contribution in [3.8, 4) is 5.95 Å². The minimum Gasteiger partial charge on any atom is -0.357 e. The van der Waals surface area contributed by atoms with E-state index in [0.717, 1.165) is 15.5 Å². The van der Waals surface area contributed by atoms with Gasteiger partial charge in [-0.1, -0.05) is 15.9 Å². The summed E-state index contributed by atoms with van der Waals surface area (Å²) in [6.45, 7) is 1.82. The Bertz CT molecular complexity index is 1040. The first-order chi connectivity index (χ1) is 12.1. The van der Waals surface area contributed by atoms with Crippen LogP contribution in [0, 0.1) is 6.92 Å². The third-order valence-electron chi connectivity index (χ3n) is 3.52. The van der Waals surface area contributed by atoms with Crippen LogP contribution in [0.1, 0.15) is 5.82 Å². The number of rotatable bonds is 4. The Morgan fingerprint density at radius 3 is 2.69 bits per heavy atom. The van der Waals surface area contributed by atoms with Gasteiger partial charge in [0, 0.05) is 23.8 Å². The fourth-order valence-electron chi connectivity index (χ4n) is 2.46. The van der Waals surface area contributed by atoms with Crippen molar-refractivity contribution in [3.05, 3.63) is 40.8 Å². The fraction of sp³-hybridized carbons (Fsp3) is 0.133. The Labute approximate surface area is 163 Å². The van der Waals surface area contributed by atoms with Crippen molar-refractivity contribution in [1.29, 1.82) is 0 Å². The minimum atomic E-state index is 0. The summed E-state index contributed by atoms with van der Waals surface area (Å²) in [5.74, 6) is 2.78. The Morgan fingerprint density at radius 1 is 1.12 bits per heavy atom. The Kier molecular flexibility index (Phi) is 5.05. The molecule has 4 rings (SSSR count). The van der Waals surface area contributed by atoms with Crippen LogP contribution in [0.4, 0.5) is 17.7 Å². The highest BCUT2D eigenvalue weighted by molar-refractivity contribution is 9.10. The van der Waals surface area contributed by atoms with Gasteiger partial charge in [0.25, 0.3) is 0 Å². The quantitative estimate of drug-likeness (QED) is 0.450. The van der Waals surface area contributed by atoms with Crippen molar-refractivity contribution >= 4 is 57.1 Å². The zero-order chi connectivity index (χ0) is 17.4. The molecular weight excluding hydrogens is 422 g/mol. The molecule has 0 radical (unpaired) electrons. The highest BCUT2D eigenvalue weighted by Gasteiger charge is 2.17. The molecule has 0 saturated heterocycles. The van der Waals surface area contributed by atoms with E-state index in [1.54, 1.807) is 13.2 Å². The second kappa shape index (κ2) is 7.26. The second-order valence-electron chi connectivity index (χ2n) is 5.24. The third kappa shape index (κ3) is 3.33. The van der Waals surface area contributed by atoms with Crippen molar-refractivity contribution in [2.24, 2.45) is 0 Å². The monoisotopic (exact) mass is 435 g/mol. The number of benzene rings is 1. The van der Waals surface area contributed by atoms with Gasteiger partial charge in [0.1, 0.15) is 5.82 Å². The molecule has 0 aliphatic heterocycles. The lowest BCUT2D eigenvalue weighted by atomic mass is 10.3. The number of aromatic nitrogens is 7. The molecule has 26 heavy (non-hydrogen) atoms. The fourth-order valence-corrected chi connectivity index (χ4v) is 2.81. The standard InChI is InChI=1S/C15H14BrN9.ClH/c1-8-19-13(17-2)23-14(20-8)25-11-7-9(16)3-4-10(11)21-15(25)22-12-5-6-18-24-12;/h3-7H,1-2H3,(H,17,19,20,23)(H2,18,21,22,24);1H. The van der Waals surface area contributed by atoms with E-state index < -0.39 is 0 Å². The lowest BCUT2D eigenvalue weighted by Crippen LogP contribution is -2.10. The van der Waals surface area contributed by atoms with Crippen LogP contribution in [-0.4, -0.2) is 41.7 Å². The molecule has 0 amide bonds. The minimum absolute atomic E-state index is 0. The van der Waals surface area contributed by atoms with E-state index in [0.29, 0.717) is 29.5 Å². The number of nitrogens with one attached hydrogen (secondary N) is 3. The number of halogens is 2. The van der Waals surface area contributed by atoms with Crippen molar-refractivity contribution in [3.63, 3.8) is 0 Å². The average Bonchev–Trinajstić information content (AvgIpc) is 3.21. The average molecular weight is 437 g/mol. The van der Waals surface area contributed by atoms with Crippen LogP contribution in [0.3, 0.4) is 0 Å². The number of aryl methyl sites for hydroxylation is 1. The molecule has 0 saturated carbocycles. The van der Waals surface area contributed by atoms with Crippen LogP contribution in [-0.2, 0) is 0 Å². The van der Waals surface area contributed by atoms with Gasteiger partial charge in [-0.25, -0.2) is 9.55 Å². The Balaban J connectivity index is 0.00000196. The lowest BCUT2D eigenvalue weighted by Gasteiger charge is -2.09. The van der Waals surface area contributed by atoms with E-state index in [1.165, 1.54) is 0 Å². The number of aromatic amines is 1. The third-order valence-corrected chi connectivity index (χ3v) is 4.01. The van der Waals surface area contributed by atoms with E-state index in [4.69, 9.17) is 0 Å². The lowest BCUT2D eigenvalue weighted by molar-refractivity contribution is 0.887. The largest absolute Gasteiger partial charge is 0.357 e. The molecule has 0 fully saturated rings. The molecule has 0 spiro atoms. The molecule has 0 bridgehead atoms. The normalized spacial score (nSPS) is 10.6. The Morgan fingerprint density at radius 2 is 1.96 bits per heavy atom. The highest BCUT2D eigenvalue weighted by Crippen LogP contribution is 2.27. The number of hydrogen-bond acceptors (Lipinski definition) is 7. The summed E-state index contributed by atoms with van der Waals surface area (Å²) in [5, 5.41) is 13.0. The first-order valence-electron chi connectivity index (χ1n) is 7.49. The number of hydrogen-bond donors (Lipinski definition) is 3. The SMILES string of the molecule is CNc1nc(C)nc(-n2c(Nc3cc[nH]n3)nc3ccc(Br)cc32)n1.Cl. The summed E-state index contributed by atoms with van der Waals surface area (Å²) in [7, 11) is 1.77. The topological polar surface area (TPSA) is 109 Å². The molecule has 4 aromatic rings. The number of nitrogens with zero attached hydrogens (tertiary/aromatic N) is 6. The van der Waals surface area contributed by atoms with Crippen LogP contribution in [0.5, 0.6) is 0 Å². The molecule has 3 heterocycles. The smallest absolute Gasteiger partial charge is 0.242 e. The predicted molar refractivity (Wildman–Crippen MR) is 106 cm³/mol. The van der Waals surface area contributed by atoms with Crippen LogP contribution in [0.15, 0.2) is 34.9 Å². The summed E-state index contributed by atoms with van der Waals surface area (Å²) in [6.07, 6.45) is 1.73. The molecule has 0 aliphatic carbocycles. The summed E-state index contributed by atoms with van der Waals surface area (Å²) in [4.78, 5) is 17.8. The summed E-state index contributed by atoms with van der Waals surface area (Å²) >= 11 is 3.51. The highest BCUT2D eigenvalue weighted by atomic mass is 79.9. The zero-order valence-electron chi connectivity index (χ0n) is 13.9. The maximum atomic E-state index is 4.65. The van der Waals surface area contributed by atoms with E-state index >= 15 is 0 Å². The molecule has 11 heteroatoms. The maximum absolute atomic E-state index is 4.65. The van der Waals surface area contributed by atoms with Crippen molar-refractivity contribution in [2.45, 2.75) is 6.92 Å². The Hall–Kier alpha value is -2.72. The van der Waals surface area contributed by atoms with Crippen LogP contribution in [0.2, 0.25) is 0 Å².